The Hall–Kier alpha value is -1.40. The molecule has 0 bridgehead atoms. The fourth-order valence-corrected chi connectivity index (χ4v) is 2.07. The number of unbranched alkanes of at least 4 members (excludes halogenated alkanes) is 1. The monoisotopic (exact) mass is 327 g/mol. The summed E-state index contributed by atoms with van der Waals surface area (Å²) >= 11 is 6.03. The van der Waals surface area contributed by atoms with Crippen LogP contribution in [0.2, 0.25) is 5.02 Å². The van der Waals surface area contributed by atoms with E-state index in [9.17, 15) is 4.79 Å². The first-order chi connectivity index (χ1) is 10.5. The van der Waals surface area contributed by atoms with Crippen LogP contribution >= 0.6 is 11.6 Å². The molecule has 1 heterocycles. The van der Waals surface area contributed by atoms with E-state index in [1.165, 1.54) is 0 Å². The lowest BCUT2D eigenvalue weighted by Crippen LogP contribution is -2.22. The number of halogens is 1. The first kappa shape index (κ1) is 17.0. The molecule has 22 heavy (non-hydrogen) atoms. The van der Waals surface area contributed by atoms with Crippen molar-refractivity contribution >= 4 is 23.4 Å². The molecular weight excluding hydrogens is 306 g/mol. The van der Waals surface area contributed by atoms with Crippen molar-refractivity contribution in [3.8, 4) is 0 Å². The molecule has 1 aliphatic rings. The van der Waals surface area contributed by atoms with Gasteiger partial charge in [-0.15, -0.1) is 0 Å². The Kier molecular flexibility index (Phi) is 5.97. The summed E-state index contributed by atoms with van der Waals surface area (Å²) in [6.07, 6.45) is 3.70. The van der Waals surface area contributed by atoms with Crippen LogP contribution in [0.5, 0.6) is 0 Å². The highest BCUT2D eigenvalue weighted by Crippen LogP contribution is 2.39. The first-order valence-electron chi connectivity index (χ1n) is 7.64. The molecule has 7 heteroatoms. The van der Waals surface area contributed by atoms with Crippen molar-refractivity contribution in [2.24, 2.45) is 0 Å². The average molecular weight is 328 g/mol. The molecule has 0 radical (unpaired) electrons. The number of rotatable bonds is 8. The molecule has 122 valence electrons. The van der Waals surface area contributed by atoms with Gasteiger partial charge in [0, 0.05) is 12.5 Å². The number of nitrogens with zero attached hydrogens (tertiary/aromatic N) is 2. The number of anilines is 1. The highest BCUT2D eigenvalue weighted by atomic mass is 35.5. The molecule has 0 spiro atoms. The number of carbonyl (C=O) groups excluding carboxylic acids is 1. The van der Waals surface area contributed by atoms with Crippen molar-refractivity contribution in [1.29, 1.82) is 0 Å². The zero-order valence-corrected chi connectivity index (χ0v) is 13.7. The molecule has 1 aliphatic carbocycles. The maximum atomic E-state index is 12.2. The van der Waals surface area contributed by atoms with Gasteiger partial charge < -0.3 is 15.2 Å². The minimum absolute atomic E-state index is 0.0384. The van der Waals surface area contributed by atoms with Crippen molar-refractivity contribution in [3.05, 3.63) is 16.5 Å². The summed E-state index contributed by atoms with van der Waals surface area (Å²) in [6.45, 7) is 4.86. The summed E-state index contributed by atoms with van der Waals surface area (Å²) in [6, 6.07) is 0. The lowest BCUT2D eigenvalue weighted by molar-refractivity contribution is 0.00118. The maximum Gasteiger partial charge on any atom is 0.359 e. The number of ether oxygens (including phenoxy) is 2. The maximum absolute atomic E-state index is 12.2. The van der Waals surface area contributed by atoms with Gasteiger partial charge in [0.05, 0.1) is 6.61 Å². The van der Waals surface area contributed by atoms with Crippen molar-refractivity contribution in [2.75, 3.05) is 18.9 Å². The van der Waals surface area contributed by atoms with E-state index in [1.807, 2.05) is 0 Å². The Balaban J connectivity index is 1.96. The molecule has 1 saturated carbocycles. The van der Waals surface area contributed by atoms with Gasteiger partial charge in [0.15, 0.2) is 5.69 Å². The predicted octanol–water partition coefficient (Wildman–Crippen LogP) is 2.95. The Morgan fingerprint density at radius 3 is 2.82 bits per heavy atom. The van der Waals surface area contributed by atoms with E-state index in [0.717, 1.165) is 25.7 Å². The molecule has 0 aromatic carbocycles. The zero-order chi connectivity index (χ0) is 16.1. The summed E-state index contributed by atoms with van der Waals surface area (Å²) in [7, 11) is 0. The van der Waals surface area contributed by atoms with E-state index < -0.39 is 5.97 Å². The fourth-order valence-electron chi connectivity index (χ4n) is 1.91. The second-order valence-corrected chi connectivity index (χ2v) is 5.93. The van der Waals surface area contributed by atoms with Crippen LogP contribution in [0.25, 0.3) is 0 Å². The van der Waals surface area contributed by atoms with Crippen LogP contribution < -0.4 is 5.73 Å². The van der Waals surface area contributed by atoms with Crippen LogP contribution in [0.1, 0.15) is 61.8 Å². The number of hydrogen-bond donors (Lipinski definition) is 1. The molecule has 6 nitrogen and oxygen atoms in total. The number of esters is 1. The van der Waals surface area contributed by atoms with Crippen LogP contribution in [0.3, 0.4) is 0 Å². The Bertz CT molecular complexity index is 535. The topological polar surface area (TPSA) is 87.3 Å². The van der Waals surface area contributed by atoms with Crippen LogP contribution in [-0.2, 0) is 9.47 Å². The van der Waals surface area contributed by atoms with E-state index in [-0.39, 0.29) is 28.6 Å². The number of carbonyl (C=O) groups is 1. The number of hydrogen-bond acceptors (Lipinski definition) is 6. The van der Waals surface area contributed by atoms with E-state index in [2.05, 4.69) is 16.9 Å². The van der Waals surface area contributed by atoms with Crippen LogP contribution in [0.4, 0.5) is 5.82 Å². The molecular formula is C15H22ClN3O3. The summed E-state index contributed by atoms with van der Waals surface area (Å²) in [5, 5.41) is 0.0495. The van der Waals surface area contributed by atoms with Gasteiger partial charge in [0.1, 0.15) is 22.8 Å². The second kappa shape index (κ2) is 7.74. The third-order valence-corrected chi connectivity index (χ3v) is 3.71. The van der Waals surface area contributed by atoms with Gasteiger partial charge in [0.2, 0.25) is 0 Å². The molecule has 1 unspecified atom stereocenters. The van der Waals surface area contributed by atoms with Crippen molar-refractivity contribution in [3.63, 3.8) is 0 Å². The fraction of sp³-hybridized carbons (Fsp3) is 0.667. The summed E-state index contributed by atoms with van der Waals surface area (Å²) in [5.74, 6) is 0.381. The molecule has 1 atom stereocenters. The highest BCUT2D eigenvalue weighted by molar-refractivity contribution is 6.35. The van der Waals surface area contributed by atoms with Crippen LogP contribution in [0.15, 0.2) is 0 Å². The van der Waals surface area contributed by atoms with Crippen LogP contribution in [0, 0.1) is 0 Å². The lowest BCUT2D eigenvalue weighted by atomic mass is 10.3. The summed E-state index contributed by atoms with van der Waals surface area (Å²) < 4.78 is 10.7. The molecule has 1 fully saturated rings. The second-order valence-electron chi connectivity index (χ2n) is 5.55. The molecule has 2 N–H and O–H groups in total. The molecule has 1 aromatic heterocycles. The Morgan fingerprint density at radius 2 is 2.18 bits per heavy atom. The molecule has 0 aliphatic heterocycles. The third kappa shape index (κ3) is 4.55. The van der Waals surface area contributed by atoms with Gasteiger partial charge in [-0.2, -0.15) is 0 Å². The molecule has 2 rings (SSSR count). The van der Waals surface area contributed by atoms with E-state index in [4.69, 9.17) is 26.8 Å². The normalized spacial score (nSPS) is 15.6. The predicted molar refractivity (Wildman–Crippen MR) is 84.0 cm³/mol. The quantitative estimate of drug-likeness (QED) is 0.583. The van der Waals surface area contributed by atoms with E-state index in [1.54, 1.807) is 6.92 Å². The molecule has 0 saturated heterocycles. The summed E-state index contributed by atoms with van der Waals surface area (Å²) in [5.41, 5.74) is 5.79. The molecule has 1 aromatic rings. The van der Waals surface area contributed by atoms with Crippen molar-refractivity contribution < 1.29 is 14.3 Å². The largest absolute Gasteiger partial charge is 0.455 e. The van der Waals surface area contributed by atoms with Gasteiger partial charge in [-0.25, -0.2) is 14.8 Å². The number of aromatic nitrogens is 2. The third-order valence-electron chi connectivity index (χ3n) is 3.33. The number of nitrogen functional groups attached to an aromatic ring is 1. The van der Waals surface area contributed by atoms with Crippen molar-refractivity contribution in [1.82, 2.24) is 9.97 Å². The van der Waals surface area contributed by atoms with Gasteiger partial charge in [-0.1, -0.05) is 24.9 Å². The minimum Gasteiger partial charge on any atom is -0.455 e. The first-order valence-corrected chi connectivity index (χ1v) is 8.02. The smallest absolute Gasteiger partial charge is 0.359 e. The minimum atomic E-state index is -0.590. The van der Waals surface area contributed by atoms with Gasteiger partial charge >= 0.3 is 5.97 Å². The van der Waals surface area contributed by atoms with Crippen LogP contribution in [-0.4, -0.2) is 35.3 Å². The standard InChI is InChI=1S/C15H22ClN3O3/c1-3-4-7-21-8-9(2)22-15(20)12-11(16)13(17)19-14(18-12)10-5-6-10/h9-10H,3-8H2,1-2H3,(H2,17,18,19). The van der Waals surface area contributed by atoms with Gasteiger partial charge in [-0.05, 0) is 26.2 Å². The number of nitrogens with two attached hydrogens (primary N) is 1. The average Bonchev–Trinajstić information content (AvgIpc) is 3.31. The Labute approximate surface area is 135 Å². The lowest BCUT2D eigenvalue weighted by Gasteiger charge is -2.14. The SMILES string of the molecule is CCCCOCC(C)OC(=O)c1nc(C2CC2)nc(N)c1Cl. The van der Waals surface area contributed by atoms with Gasteiger partial charge in [0.25, 0.3) is 0 Å². The highest BCUT2D eigenvalue weighted by Gasteiger charge is 2.30. The Morgan fingerprint density at radius 1 is 1.45 bits per heavy atom. The van der Waals surface area contributed by atoms with Gasteiger partial charge in [-0.3, -0.25) is 0 Å². The zero-order valence-electron chi connectivity index (χ0n) is 13.0. The van der Waals surface area contributed by atoms with E-state index in [0.29, 0.717) is 19.0 Å². The van der Waals surface area contributed by atoms with E-state index >= 15 is 0 Å². The summed E-state index contributed by atoms with van der Waals surface area (Å²) in [4.78, 5) is 20.6. The molecule has 0 amide bonds. The van der Waals surface area contributed by atoms with Crippen molar-refractivity contribution in [2.45, 2.75) is 51.6 Å².